The Morgan fingerprint density at radius 3 is 2.48 bits per heavy atom. The lowest BCUT2D eigenvalue weighted by Crippen LogP contribution is -2.41. The van der Waals surface area contributed by atoms with E-state index in [9.17, 15) is 9.18 Å². The van der Waals surface area contributed by atoms with Crippen LogP contribution in [0.1, 0.15) is 36.8 Å². The zero-order valence-corrected chi connectivity index (χ0v) is 14.5. The molecule has 0 bridgehead atoms. The fourth-order valence-electron chi connectivity index (χ4n) is 3.58. The predicted octanol–water partition coefficient (Wildman–Crippen LogP) is 3.96. The molecule has 132 valence electrons. The number of carbonyl (C=O) groups excluding carboxylic acids is 1. The van der Waals surface area contributed by atoms with Crippen molar-refractivity contribution in [3.8, 4) is 0 Å². The Hall–Kier alpha value is -2.36. The van der Waals surface area contributed by atoms with Crippen LogP contribution in [0.15, 0.2) is 48.5 Å². The molecule has 0 radical (unpaired) electrons. The summed E-state index contributed by atoms with van der Waals surface area (Å²) in [5, 5.41) is 0. The topological polar surface area (TPSA) is 46.3 Å². The first-order valence-electron chi connectivity index (χ1n) is 9.00. The summed E-state index contributed by atoms with van der Waals surface area (Å²) in [7, 11) is 0. The first-order valence-corrected chi connectivity index (χ1v) is 9.00. The fourth-order valence-corrected chi connectivity index (χ4v) is 3.58. The van der Waals surface area contributed by atoms with Gasteiger partial charge in [-0.1, -0.05) is 37.1 Å². The van der Waals surface area contributed by atoms with Gasteiger partial charge in [0.25, 0.3) is 0 Å². The Morgan fingerprint density at radius 2 is 1.80 bits per heavy atom. The lowest BCUT2D eigenvalue weighted by atomic mass is 10.1. The van der Waals surface area contributed by atoms with E-state index in [0.717, 1.165) is 24.0 Å². The molecule has 0 aromatic heterocycles. The molecule has 0 aliphatic heterocycles. The summed E-state index contributed by atoms with van der Waals surface area (Å²) in [5.41, 5.74) is 8.33. The molecule has 2 aromatic carbocycles. The molecule has 1 aliphatic rings. The Labute approximate surface area is 148 Å². The van der Waals surface area contributed by atoms with E-state index < -0.39 is 0 Å². The Morgan fingerprint density at radius 1 is 1.08 bits per heavy atom. The maximum atomic E-state index is 13.4. The van der Waals surface area contributed by atoms with Crippen LogP contribution in [-0.2, 0) is 17.6 Å². The number of carbonyl (C=O) groups is 1. The molecule has 0 heterocycles. The molecule has 2 aromatic rings. The van der Waals surface area contributed by atoms with E-state index in [1.165, 1.54) is 18.9 Å². The average molecular weight is 340 g/mol. The van der Waals surface area contributed by atoms with E-state index in [2.05, 4.69) is 0 Å². The molecule has 1 aliphatic carbocycles. The maximum Gasteiger partial charge on any atom is 0.227 e. The molecule has 0 spiro atoms. The van der Waals surface area contributed by atoms with Crippen LogP contribution in [0.2, 0.25) is 0 Å². The van der Waals surface area contributed by atoms with Gasteiger partial charge in [-0.15, -0.1) is 0 Å². The summed E-state index contributed by atoms with van der Waals surface area (Å²) in [4.78, 5) is 14.9. The Kier molecular flexibility index (Phi) is 5.69. The summed E-state index contributed by atoms with van der Waals surface area (Å²) < 4.78 is 13.4. The number of hydrogen-bond acceptors (Lipinski definition) is 2. The van der Waals surface area contributed by atoms with Crippen LogP contribution in [-0.4, -0.2) is 23.4 Å². The number of anilines is 1. The third-order valence-electron chi connectivity index (χ3n) is 4.95. The second kappa shape index (κ2) is 8.15. The summed E-state index contributed by atoms with van der Waals surface area (Å²) in [6.45, 7) is 0.641. The first kappa shape index (κ1) is 17.5. The van der Waals surface area contributed by atoms with Crippen molar-refractivity contribution in [2.45, 2.75) is 44.6 Å². The van der Waals surface area contributed by atoms with Crippen LogP contribution in [0.5, 0.6) is 0 Å². The molecular formula is C21H25FN2O. The largest absolute Gasteiger partial charge is 0.399 e. The second-order valence-corrected chi connectivity index (χ2v) is 6.82. The quantitative estimate of drug-likeness (QED) is 0.809. The third-order valence-corrected chi connectivity index (χ3v) is 4.95. The minimum Gasteiger partial charge on any atom is -0.399 e. The monoisotopic (exact) mass is 340 g/mol. The molecule has 3 rings (SSSR count). The highest BCUT2D eigenvalue weighted by atomic mass is 19.1. The van der Waals surface area contributed by atoms with E-state index in [4.69, 9.17) is 5.73 Å². The fraction of sp³-hybridized carbons (Fsp3) is 0.381. The van der Waals surface area contributed by atoms with E-state index in [-0.39, 0.29) is 11.7 Å². The van der Waals surface area contributed by atoms with Gasteiger partial charge in [0.15, 0.2) is 0 Å². The molecule has 4 heteroatoms. The lowest BCUT2D eigenvalue weighted by Gasteiger charge is -2.29. The normalized spacial score (nSPS) is 14.6. The van der Waals surface area contributed by atoms with Crippen molar-refractivity contribution in [3.05, 3.63) is 65.5 Å². The van der Waals surface area contributed by atoms with Gasteiger partial charge in [0.05, 0.1) is 6.42 Å². The van der Waals surface area contributed by atoms with Gasteiger partial charge >= 0.3 is 0 Å². The number of halogens is 1. The van der Waals surface area contributed by atoms with Crippen LogP contribution in [0, 0.1) is 5.82 Å². The average Bonchev–Trinajstić information content (AvgIpc) is 3.11. The number of amides is 1. The van der Waals surface area contributed by atoms with Gasteiger partial charge in [0.1, 0.15) is 5.82 Å². The predicted molar refractivity (Wildman–Crippen MR) is 98.6 cm³/mol. The van der Waals surface area contributed by atoms with Gasteiger partial charge in [0, 0.05) is 18.3 Å². The van der Waals surface area contributed by atoms with Crippen LogP contribution in [0.25, 0.3) is 0 Å². The SMILES string of the molecule is Nc1ccc(CC(=O)N(CCc2cccc(F)c2)C2CCCC2)cc1. The standard InChI is InChI=1S/C21H25FN2O/c22-18-5-3-4-16(14-18)12-13-24(20-6-1-2-7-20)21(25)15-17-8-10-19(23)11-9-17/h3-5,8-11,14,20H,1-2,6-7,12-13,15,23H2. The van der Waals surface area contributed by atoms with Crippen molar-refractivity contribution in [3.63, 3.8) is 0 Å². The molecule has 0 atom stereocenters. The van der Waals surface area contributed by atoms with Crippen molar-refractivity contribution < 1.29 is 9.18 Å². The highest BCUT2D eigenvalue weighted by Gasteiger charge is 2.26. The van der Waals surface area contributed by atoms with Gasteiger partial charge in [-0.2, -0.15) is 0 Å². The van der Waals surface area contributed by atoms with E-state index in [0.29, 0.717) is 31.1 Å². The molecule has 1 fully saturated rings. The Balaban J connectivity index is 1.67. The van der Waals surface area contributed by atoms with Crippen molar-refractivity contribution in [1.82, 2.24) is 4.90 Å². The number of nitrogen functional groups attached to an aromatic ring is 1. The molecule has 1 amide bonds. The Bertz CT molecular complexity index is 708. The van der Waals surface area contributed by atoms with Gasteiger partial charge < -0.3 is 10.6 Å². The second-order valence-electron chi connectivity index (χ2n) is 6.82. The number of nitrogens with two attached hydrogens (primary N) is 1. The zero-order valence-electron chi connectivity index (χ0n) is 14.5. The molecule has 0 unspecified atom stereocenters. The molecule has 3 nitrogen and oxygen atoms in total. The molecule has 2 N–H and O–H groups in total. The van der Waals surface area contributed by atoms with Gasteiger partial charge in [-0.25, -0.2) is 4.39 Å². The molecule has 25 heavy (non-hydrogen) atoms. The third kappa shape index (κ3) is 4.81. The first-order chi connectivity index (χ1) is 12.1. The highest BCUT2D eigenvalue weighted by molar-refractivity contribution is 5.79. The minimum absolute atomic E-state index is 0.146. The van der Waals surface area contributed by atoms with Crippen molar-refractivity contribution in [2.75, 3.05) is 12.3 Å². The van der Waals surface area contributed by atoms with Crippen LogP contribution in [0.4, 0.5) is 10.1 Å². The van der Waals surface area contributed by atoms with Crippen LogP contribution >= 0.6 is 0 Å². The van der Waals surface area contributed by atoms with Gasteiger partial charge in [-0.05, 0) is 54.7 Å². The van der Waals surface area contributed by atoms with E-state index in [1.54, 1.807) is 12.1 Å². The van der Waals surface area contributed by atoms with Crippen LogP contribution in [0.3, 0.4) is 0 Å². The minimum atomic E-state index is -0.224. The van der Waals surface area contributed by atoms with Crippen molar-refractivity contribution >= 4 is 11.6 Å². The molecular weight excluding hydrogens is 315 g/mol. The summed E-state index contributed by atoms with van der Waals surface area (Å²) in [6, 6.07) is 14.4. The molecule has 1 saturated carbocycles. The van der Waals surface area contributed by atoms with E-state index in [1.807, 2.05) is 35.2 Å². The zero-order chi connectivity index (χ0) is 17.6. The maximum absolute atomic E-state index is 13.4. The highest BCUT2D eigenvalue weighted by Crippen LogP contribution is 2.24. The van der Waals surface area contributed by atoms with Gasteiger partial charge in [0.2, 0.25) is 5.91 Å². The number of nitrogens with zero attached hydrogens (tertiary/aromatic N) is 1. The van der Waals surface area contributed by atoms with Crippen molar-refractivity contribution in [2.24, 2.45) is 0 Å². The van der Waals surface area contributed by atoms with Crippen LogP contribution < -0.4 is 5.73 Å². The summed E-state index contributed by atoms with van der Waals surface area (Å²) >= 11 is 0. The number of hydrogen-bond donors (Lipinski definition) is 1. The van der Waals surface area contributed by atoms with E-state index >= 15 is 0 Å². The summed E-state index contributed by atoms with van der Waals surface area (Å²) in [5.74, 6) is -0.0776. The number of rotatable bonds is 6. The molecule has 0 saturated heterocycles. The summed E-state index contributed by atoms with van der Waals surface area (Å²) in [6.07, 6.45) is 5.56. The van der Waals surface area contributed by atoms with Crippen molar-refractivity contribution in [1.29, 1.82) is 0 Å². The number of benzene rings is 2. The van der Waals surface area contributed by atoms with Gasteiger partial charge in [-0.3, -0.25) is 4.79 Å². The lowest BCUT2D eigenvalue weighted by molar-refractivity contribution is -0.132. The smallest absolute Gasteiger partial charge is 0.227 e.